The fourth-order valence-electron chi connectivity index (χ4n) is 1.44. The largest absolute Gasteiger partial charge is 0.322 e. The van der Waals surface area contributed by atoms with E-state index in [9.17, 15) is 4.79 Å². The third-order valence-corrected chi connectivity index (χ3v) is 3.43. The number of hydrogen-bond donors (Lipinski definition) is 1. The first-order valence-electron chi connectivity index (χ1n) is 4.48. The first-order chi connectivity index (χ1) is 6.68. The number of nitrogens with one attached hydrogen (secondary N) is 1. The highest BCUT2D eigenvalue weighted by molar-refractivity contribution is 7.63. The summed E-state index contributed by atoms with van der Waals surface area (Å²) in [4.78, 5) is 14.6. The Kier molecular flexibility index (Phi) is 2.39. The SMILES string of the molecule is CP(C)c1cc2ccccc2c(=O)[nH]1. The fraction of sp³-hybridized carbons (Fsp3) is 0.182. The van der Waals surface area contributed by atoms with E-state index in [1.165, 1.54) is 0 Å². The Labute approximate surface area is 83.7 Å². The van der Waals surface area contributed by atoms with Gasteiger partial charge in [-0.2, -0.15) is 0 Å². The second-order valence-electron chi connectivity index (χ2n) is 3.47. The van der Waals surface area contributed by atoms with Gasteiger partial charge in [-0.25, -0.2) is 0 Å². The van der Waals surface area contributed by atoms with Gasteiger partial charge in [-0.05, 0) is 30.8 Å². The number of hydrogen-bond acceptors (Lipinski definition) is 1. The van der Waals surface area contributed by atoms with E-state index in [1.807, 2.05) is 24.3 Å². The molecule has 0 fully saturated rings. The van der Waals surface area contributed by atoms with Gasteiger partial charge < -0.3 is 4.98 Å². The van der Waals surface area contributed by atoms with E-state index < -0.39 is 0 Å². The van der Waals surface area contributed by atoms with E-state index in [0.29, 0.717) is 0 Å². The molecule has 0 saturated heterocycles. The lowest BCUT2D eigenvalue weighted by atomic mass is 10.2. The molecule has 0 amide bonds. The average Bonchev–Trinajstić information content (AvgIpc) is 2.17. The summed E-state index contributed by atoms with van der Waals surface area (Å²) in [7, 11) is -0.241. The van der Waals surface area contributed by atoms with Crippen LogP contribution in [0.5, 0.6) is 0 Å². The van der Waals surface area contributed by atoms with E-state index in [2.05, 4.69) is 24.4 Å². The third-order valence-electron chi connectivity index (χ3n) is 2.22. The van der Waals surface area contributed by atoms with Crippen LogP contribution in [0, 0.1) is 0 Å². The number of aromatic amines is 1. The zero-order valence-corrected chi connectivity index (χ0v) is 9.14. The molecule has 1 aromatic heterocycles. The van der Waals surface area contributed by atoms with E-state index >= 15 is 0 Å². The highest BCUT2D eigenvalue weighted by Crippen LogP contribution is 2.22. The molecule has 0 bridgehead atoms. The maximum absolute atomic E-state index is 11.7. The predicted molar refractivity (Wildman–Crippen MR) is 63.0 cm³/mol. The molecule has 3 heteroatoms. The maximum Gasteiger partial charge on any atom is 0.256 e. The number of H-pyrrole nitrogens is 1. The minimum atomic E-state index is -0.241. The van der Waals surface area contributed by atoms with Gasteiger partial charge >= 0.3 is 0 Å². The molecule has 0 aliphatic carbocycles. The molecule has 2 aromatic rings. The van der Waals surface area contributed by atoms with Crippen molar-refractivity contribution >= 4 is 24.1 Å². The molecule has 2 nitrogen and oxygen atoms in total. The van der Waals surface area contributed by atoms with E-state index in [4.69, 9.17) is 0 Å². The Hall–Kier alpha value is -1.14. The fourth-order valence-corrected chi connectivity index (χ4v) is 2.16. The van der Waals surface area contributed by atoms with Gasteiger partial charge in [0.2, 0.25) is 0 Å². The van der Waals surface area contributed by atoms with Crippen LogP contribution in [0.2, 0.25) is 0 Å². The normalized spacial score (nSPS) is 11.1. The van der Waals surface area contributed by atoms with Crippen LogP contribution < -0.4 is 11.0 Å². The molecule has 1 aromatic carbocycles. The van der Waals surface area contributed by atoms with Gasteiger partial charge in [0.05, 0.1) is 0 Å². The lowest BCUT2D eigenvalue weighted by molar-refractivity contribution is 1.33. The van der Waals surface area contributed by atoms with Gasteiger partial charge in [0.1, 0.15) is 0 Å². The van der Waals surface area contributed by atoms with Crippen molar-refractivity contribution < 1.29 is 0 Å². The molecule has 1 heterocycles. The Morgan fingerprint density at radius 1 is 1.21 bits per heavy atom. The summed E-state index contributed by atoms with van der Waals surface area (Å²) < 4.78 is 0. The molecule has 2 rings (SSSR count). The molecule has 0 aliphatic rings. The van der Waals surface area contributed by atoms with Crippen molar-refractivity contribution in [3.05, 3.63) is 40.7 Å². The highest BCUT2D eigenvalue weighted by Gasteiger charge is 2.03. The van der Waals surface area contributed by atoms with Gasteiger partial charge in [-0.1, -0.05) is 26.1 Å². The van der Waals surface area contributed by atoms with Crippen molar-refractivity contribution in [2.45, 2.75) is 0 Å². The topological polar surface area (TPSA) is 32.9 Å². The summed E-state index contributed by atoms with van der Waals surface area (Å²) in [6.07, 6.45) is 0. The highest BCUT2D eigenvalue weighted by atomic mass is 31.1. The minimum Gasteiger partial charge on any atom is -0.322 e. The summed E-state index contributed by atoms with van der Waals surface area (Å²) in [5.74, 6) is 0. The van der Waals surface area contributed by atoms with Crippen molar-refractivity contribution in [2.75, 3.05) is 13.3 Å². The van der Waals surface area contributed by atoms with E-state index in [1.54, 1.807) is 0 Å². The predicted octanol–water partition coefficient (Wildman–Crippen LogP) is 1.89. The monoisotopic (exact) mass is 205 g/mol. The van der Waals surface area contributed by atoms with Crippen molar-refractivity contribution in [2.24, 2.45) is 0 Å². The third kappa shape index (κ3) is 1.58. The zero-order chi connectivity index (χ0) is 10.1. The standard InChI is InChI=1S/C11H12NOP/c1-14(2)10-7-8-5-3-4-6-9(8)11(13)12-10/h3-7H,1-2H3,(H,12,13). The number of aromatic nitrogens is 1. The molecule has 0 atom stereocenters. The quantitative estimate of drug-likeness (QED) is 0.708. The number of benzene rings is 1. The van der Waals surface area contributed by atoms with E-state index in [-0.39, 0.29) is 13.5 Å². The molecule has 14 heavy (non-hydrogen) atoms. The van der Waals surface area contributed by atoms with Crippen LogP contribution in [0.4, 0.5) is 0 Å². The first kappa shape index (κ1) is 9.42. The van der Waals surface area contributed by atoms with Crippen LogP contribution >= 0.6 is 7.92 Å². The molecule has 72 valence electrons. The molecule has 1 N–H and O–H groups in total. The maximum atomic E-state index is 11.7. The van der Waals surface area contributed by atoms with Gasteiger partial charge in [0, 0.05) is 10.8 Å². The Balaban J connectivity index is 2.79. The smallest absolute Gasteiger partial charge is 0.256 e. The molecule has 0 unspecified atom stereocenters. The van der Waals surface area contributed by atoms with Gasteiger partial charge in [-0.3, -0.25) is 4.79 Å². The van der Waals surface area contributed by atoms with Crippen LogP contribution in [0.25, 0.3) is 10.8 Å². The van der Waals surface area contributed by atoms with Gasteiger partial charge in [0.15, 0.2) is 0 Å². The first-order valence-corrected chi connectivity index (χ1v) is 6.71. The Morgan fingerprint density at radius 2 is 1.93 bits per heavy atom. The van der Waals surface area contributed by atoms with Gasteiger partial charge in [0.25, 0.3) is 5.56 Å². The zero-order valence-electron chi connectivity index (χ0n) is 8.24. The molecular weight excluding hydrogens is 193 g/mol. The summed E-state index contributed by atoms with van der Waals surface area (Å²) in [6, 6.07) is 9.75. The summed E-state index contributed by atoms with van der Waals surface area (Å²) in [6.45, 7) is 4.27. The van der Waals surface area contributed by atoms with Crippen molar-refractivity contribution in [3.63, 3.8) is 0 Å². The molecule has 0 radical (unpaired) electrons. The summed E-state index contributed by atoms with van der Waals surface area (Å²) in [5, 5.41) is 1.80. The molecule has 0 aliphatic heterocycles. The van der Waals surface area contributed by atoms with Crippen molar-refractivity contribution in [1.82, 2.24) is 4.98 Å². The van der Waals surface area contributed by atoms with Crippen LogP contribution in [-0.2, 0) is 0 Å². The minimum absolute atomic E-state index is 0.0225. The van der Waals surface area contributed by atoms with Crippen LogP contribution in [0.1, 0.15) is 0 Å². The summed E-state index contributed by atoms with van der Waals surface area (Å²) in [5.41, 5.74) is 1.08. The Morgan fingerprint density at radius 3 is 2.64 bits per heavy atom. The molecular formula is C11H12NOP. The van der Waals surface area contributed by atoms with Gasteiger partial charge in [-0.15, -0.1) is 0 Å². The number of pyridine rings is 1. The van der Waals surface area contributed by atoms with Crippen LogP contribution in [-0.4, -0.2) is 18.3 Å². The summed E-state index contributed by atoms with van der Waals surface area (Å²) >= 11 is 0. The van der Waals surface area contributed by atoms with E-state index in [0.717, 1.165) is 16.2 Å². The van der Waals surface area contributed by atoms with Crippen molar-refractivity contribution in [1.29, 1.82) is 0 Å². The lowest BCUT2D eigenvalue weighted by Gasteiger charge is -2.06. The van der Waals surface area contributed by atoms with Crippen LogP contribution in [0.3, 0.4) is 0 Å². The second-order valence-corrected chi connectivity index (χ2v) is 5.74. The number of rotatable bonds is 1. The Bertz CT molecular complexity index is 516. The molecule has 0 spiro atoms. The second kappa shape index (κ2) is 3.55. The average molecular weight is 205 g/mol. The van der Waals surface area contributed by atoms with Crippen LogP contribution in [0.15, 0.2) is 35.1 Å². The number of fused-ring (bicyclic) bond motifs is 1. The molecule has 0 saturated carbocycles. The lowest BCUT2D eigenvalue weighted by Crippen LogP contribution is -2.17. The van der Waals surface area contributed by atoms with Crippen molar-refractivity contribution in [3.8, 4) is 0 Å².